The minimum absolute atomic E-state index is 0.231. The van der Waals surface area contributed by atoms with E-state index in [1.165, 1.54) is 6.33 Å². The number of hydrogen-bond donors (Lipinski definition) is 2. The molecule has 1 saturated heterocycles. The topological polar surface area (TPSA) is 132 Å². The lowest BCUT2D eigenvalue weighted by atomic mass is 9.84. The van der Waals surface area contributed by atoms with Gasteiger partial charge >= 0.3 is 0 Å². The van der Waals surface area contributed by atoms with Crippen LogP contribution in [-0.2, 0) is 16.8 Å². The first kappa shape index (κ1) is 28.5. The van der Waals surface area contributed by atoms with Gasteiger partial charge in [-0.3, -0.25) is 9.69 Å². The summed E-state index contributed by atoms with van der Waals surface area (Å²) in [5, 5.41) is 5.88. The molecule has 3 aliphatic rings. The van der Waals surface area contributed by atoms with E-state index in [0.717, 1.165) is 79.7 Å². The molecule has 44 heavy (non-hydrogen) atoms. The summed E-state index contributed by atoms with van der Waals surface area (Å²) in [5.41, 5.74) is 16.6. The quantitative estimate of drug-likeness (QED) is 0.345. The maximum atomic E-state index is 13.2. The minimum Gasteiger partial charge on any atom is -0.496 e. The number of benzene rings is 2. The maximum Gasteiger partial charge on any atom is 0.248 e. The molecular weight excluding hydrogens is 554 g/mol. The number of hydrogen-bond acceptors (Lipinski definition) is 9. The molecule has 7 rings (SSSR count). The number of anilines is 2. The number of aromatic nitrogens is 4. The van der Waals surface area contributed by atoms with Gasteiger partial charge in [0, 0.05) is 62.5 Å². The third-order valence-corrected chi connectivity index (χ3v) is 10.3. The lowest BCUT2D eigenvalue weighted by Gasteiger charge is -2.41. The lowest BCUT2D eigenvalue weighted by Crippen LogP contribution is -2.52. The van der Waals surface area contributed by atoms with Crippen LogP contribution in [-0.4, -0.2) is 88.9 Å². The van der Waals surface area contributed by atoms with Crippen molar-refractivity contribution in [3.05, 3.63) is 59.9 Å². The molecule has 2 aliphatic heterocycles. The summed E-state index contributed by atoms with van der Waals surface area (Å²) in [6.07, 6.45) is 6.32. The molecule has 1 saturated carbocycles. The van der Waals surface area contributed by atoms with Crippen molar-refractivity contribution in [3.8, 4) is 17.0 Å². The zero-order valence-electron chi connectivity index (χ0n) is 25.7. The average molecular weight is 596 g/mol. The second-order valence-corrected chi connectivity index (χ2v) is 12.6. The Balaban J connectivity index is 1.23. The van der Waals surface area contributed by atoms with Crippen LogP contribution in [0, 0.1) is 0 Å². The standard InChI is InChI=1S/C33H41N9O2/c1-39-14-16-41(17-15-39)23-9-11-24(12-10-23)42-31-28(30(34)36-20-37-31)29(38-42)21-8-13-25(27(18-21)44-3)33(32(35)43)19-22-6-4-5-7-26(22)40(33)2/h4-8,13,18,20,23-24H,9-12,14-17,19H2,1-3H3,(H2,35,43)(H2,34,36,37). The molecule has 2 aromatic heterocycles. The Labute approximate surface area is 257 Å². The van der Waals surface area contributed by atoms with E-state index in [1.807, 2.05) is 54.4 Å². The Morgan fingerprint density at radius 1 is 0.977 bits per heavy atom. The summed E-state index contributed by atoms with van der Waals surface area (Å²) in [6.45, 7) is 4.55. The van der Waals surface area contributed by atoms with Crippen molar-refractivity contribution in [1.82, 2.24) is 29.5 Å². The monoisotopic (exact) mass is 595 g/mol. The lowest BCUT2D eigenvalue weighted by molar-refractivity contribution is -0.123. The van der Waals surface area contributed by atoms with Gasteiger partial charge in [-0.2, -0.15) is 5.10 Å². The van der Waals surface area contributed by atoms with Crippen molar-refractivity contribution in [1.29, 1.82) is 0 Å². The van der Waals surface area contributed by atoms with Crippen LogP contribution in [0.15, 0.2) is 48.8 Å². The van der Waals surface area contributed by atoms with Crippen molar-refractivity contribution in [3.63, 3.8) is 0 Å². The van der Waals surface area contributed by atoms with Crippen molar-refractivity contribution < 1.29 is 9.53 Å². The number of amides is 1. The molecule has 1 unspecified atom stereocenters. The Kier molecular flexibility index (Phi) is 7.17. The molecule has 4 aromatic rings. The SMILES string of the molecule is COc1cc(-c2nn(C3CCC(N4CCN(C)CC4)CC3)c3ncnc(N)c23)ccc1C1(C(N)=O)Cc2ccccc2N1C. The minimum atomic E-state index is -1.08. The van der Waals surface area contributed by atoms with Gasteiger partial charge in [-0.05, 0) is 50.4 Å². The number of likely N-dealkylation sites (N-methyl/N-ethyl adjacent to an activating group) is 2. The van der Waals surface area contributed by atoms with Gasteiger partial charge in [-0.1, -0.05) is 30.3 Å². The number of carbonyl (C=O) groups excluding carboxylic acids is 1. The molecule has 11 heteroatoms. The Morgan fingerprint density at radius 3 is 2.41 bits per heavy atom. The fraction of sp³-hybridized carbons (Fsp3) is 0.455. The third kappa shape index (κ3) is 4.48. The molecule has 230 valence electrons. The van der Waals surface area contributed by atoms with Crippen LogP contribution in [0.5, 0.6) is 5.75 Å². The molecule has 2 aromatic carbocycles. The highest BCUT2D eigenvalue weighted by Gasteiger charge is 2.50. The number of nitrogen functional groups attached to an aromatic ring is 1. The van der Waals surface area contributed by atoms with Gasteiger partial charge in [0.1, 0.15) is 23.6 Å². The molecule has 4 N–H and O–H groups in total. The summed E-state index contributed by atoms with van der Waals surface area (Å²) in [6, 6.07) is 14.7. The Hall–Kier alpha value is -4.22. The van der Waals surface area contributed by atoms with Crippen LogP contribution in [0.2, 0.25) is 0 Å². The molecular formula is C33H41N9O2. The van der Waals surface area contributed by atoms with E-state index in [9.17, 15) is 4.79 Å². The van der Waals surface area contributed by atoms with E-state index in [2.05, 4.69) is 31.5 Å². The van der Waals surface area contributed by atoms with Gasteiger partial charge in [-0.25, -0.2) is 14.6 Å². The van der Waals surface area contributed by atoms with Gasteiger partial charge in [0.15, 0.2) is 11.2 Å². The average Bonchev–Trinajstić information content (AvgIpc) is 3.59. The second-order valence-electron chi connectivity index (χ2n) is 12.6. The number of piperazine rings is 1. The van der Waals surface area contributed by atoms with Crippen LogP contribution < -0.4 is 21.1 Å². The van der Waals surface area contributed by atoms with E-state index < -0.39 is 11.4 Å². The first-order chi connectivity index (χ1) is 21.3. The van der Waals surface area contributed by atoms with Crippen LogP contribution in [0.25, 0.3) is 22.3 Å². The Bertz CT molecular complexity index is 1700. The summed E-state index contributed by atoms with van der Waals surface area (Å²) >= 11 is 0. The highest BCUT2D eigenvalue weighted by atomic mass is 16.5. The van der Waals surface area contributed by atoms with Crippen LogP contribution in [0.3, 0.4) is 0 Å². The number of methoxy groups -OCH3 is 1. The zero-order valence-corrected chi connectivity index (χ0v) is 25.7. The molecule has 0 spiro atoms. The largest absolute Gasteiger partial charge is 0.496 e. The summed E-state index contributed by atoms with van der Waals surface area (Å²) < 4.78 is 8.01. The van der Waals surface area contributed by atoms with E-state index in [4.69, 9.17) is 21.3 Å². The third-order valence-electron chi connectivity index (χ3n) is 10.3. The van der Waals surface area contributed by atoms with Crippen molar-refractivity contribution >= 4 is 28.4 Å². The molecule has 11 nitrogen and oxygen atoms in total. The van der Waals surface area contributed by atoms with E-state index in [-0.39, 0.29) is 6.04 Å². The molecule has 1 aliphatic carbocycles. The van der Waals surface area contributed by atoms with E-state index >= 15 is 0 Å². The molecule has 4 heterocycles. The number of nitrogens with zero attached hydrogens (tertiary/aromatic N) is 7. The molecule has 0 radical (unpaired) electrons. The highest BCUT2D eigenvalue weighted by Crippen LogP contribution is 2.48. The van der Waals surface area contributed by atoms with E-state index in [0.29, 0.717) is 35.3 Å². The number of para-hydroxylation sites is 1. The van der Waals surface area contributed by atoms with Crippen molar-refractivity contribution in [2.75, 3.05) is 58.0 Å². The fourth-order valence-electron chi connectivity index (χ4n) is 7.74. The number of ether oxygens (including phenoxy) is 1. The predicted molar refractivity (Wildman–Crippen MR) is 172 cm³/mol. The first-order valence-corrected chi connectivity index (χ1v) is 15.5. The molecule has 1 amide bonds. The van der Waals surface area contributed by atoms with Gasteiger partial charge in [0.05, 0.1) is 18.5 Å². The number of carbonyl (C=O) groups is 1. The second kappa shape index (κ2) is 11.0. The maximum absolute atomic E-state index is 13.2. The van der Waals surface area contributed by atoms with E-state index in [1.54, 1.807) is 7.11 Å². The summed E-state index contributed by atoms with van der Waals surface area (Å²) in [7, 11) is 5.73. The van der Waals surface area contributed by atoms with Crippen LogP contribution in [0.1, 0.15) is 42.9 Å². The van der Waals surface area contributed by atoms with Crippen LogP contribution in [0.4, 0.5) is 11.5 Å². The number of primary amides is 1. The van der Waals surface area contributed by atoms with Crippen LogP contribution >= 0.6 is 0 Å². The van der Waals surface area contributed by atoms with Gasteiger partial charge in [0.25, 0.3) is 0 Å². The number of fused-ring (bicyclic) bond motifs is 2. The molecule has 0 bridgehead atoms. The Morgan fingerprint density at radius 2 is 1.70 bits per heavy atom. The van der Waals surface area contributed by atoms with Gasteiger partial charge in [0.2, 0.25) is 5.91 Å². The van der Waals surface area contributed by atoms with Crippen molar-refractivity contribution in [2.24, 2.45) is 5.73 Å². The summed E-state index contributed by atoms with van der Waals surface area (Å²) in [4.78, 5) is 29.3. The molecule has 2 fully saturated rings. The normalized spacial score (nSPS) is 24.5. The number of rotatable bonds is 6. The predicted octanol–water partition coefficient (Wildman–Crippen LogP) is 3.19. The van der Waals surface area contributed by atoms with Crippen molar-refractivity contribution in [2.45, 2.75) is 49.7 Å². The highest BCUT2D eigenvalue weighted by molar-refractivity contribution is 5.99. The van der Waals surface area contributed by atoms with Gasteiger partial charge in [-0.15, -0.1) is 0 Å². The summed E-state index contributed by atoms with van der Waals surface area (Å²) in [5.74, 6) is 0.526. The van der Waals surface area contributed by atoms with Gasteiger partial charge < -0.3 is 26.0 Å². The number of nitrogens with two attached hydrogens (primary N) is 2. The zero-order chi connectivity index (χ0) is 30.6. The smallest absolute Gasteiger partial charge is 0.248 e. The molecule has 1 atom stereocenters. The first-order valence-electron chi connectivity index (χ1n) is 15.5. The fourth-order valence-corrected chi connectivity index (χ4v) is 7.74.